The quantitative estimate of drug-likeness (QED) is 0.356. The number of fused-ring (bicyclic) bond motifs is 1. The van der Waals surface area contributed by atoms with Crippen LogP contribution in [0.4, 0.5) is 41.0 Å². The van der Waals surface area contributed by atoms with Gasteiger partial charge in [-0.15, -0.1) is 0 Å². The van der Waals surface area contributed by atoms with E-state index in [1.807, 2.05) is 39.0 Å². The minimum atomic E-state index is -4.63. The molecule has 2 aliphatic rings. The number of aryl methyl sites for hydroxylation is 2. The lowest BCUT2D eigenvalue weighted by Crippen LogP contribution is -2.50. The van der Waals surface area contributed by atoms with E-state index < -0.39 is 17.3 Å². The zero-order chi connectivity index (χ0) is 31.6. The summed E-state index contributed by atoms with van der Waals surface area (Å²) in [5, 5.41) is 5.77. The third-order valence-corrected chi connectivity index (χ3v) is 7.42. The molecule has 3 heterocycles. The molecule has 2 N–H and O–H groups in total. The third-order valence-electron chi connectivity index (χ3n) is 7.42. The Labute approximate surface area is 253 Å². The highest BCUT2D eigenvalue weighted by Gasteiger charge is 2.35. The van der Waals surface area contributed by atoms with E-state index in [2.05, 4.69) is 25.5 Å². The number of hydrogen-bond acceptors (Lipinski definition) is 8. The summed E-state index contributed by atoms with van der Waals surface area (Å²) in [6.45, 7) is 7.67. The number of carbonyl (C=O) groups is 2. The molecule has 0 bridgehead atoms. The predicted octanol–water partition coefficient (Wildman–Crippen LogP) is 5.58. The minimum Gasteiger partial charge on any atom is -0.494 e. The molecule has 2 aromatic carbocycles. The van der Waals surface area contributed by atoms with Crippen LogP contribution >= 0.6 is 0 Å². The van der Waals surface area contributed by atoms with Crippen LogP contribution in [0.15, 0.2) is 42.6 Å². The van der Waals surface area contributed by atoms with E-state index >= 15 is 0 Å². The monoisotopic (exact) mass is 612 g/mol. The maximum Gasteiger partial charge on any atom is 0.419 e. The molecule has 3 aromatic rings. The fourth-order valence-corrected chi connectivity index (χ4v) is 5.28. The number of alkyl halides is 3. The highest BCUT2D eigenvalue weighted by Crippen LogP contribution is 2.35. The van der Waals surface area contributed by atoms with E-state index in [1.54, 1.807) is 23.1 Å². The average molecular weight is 613 g/mol. The Kier molecular flexibility index (Phi) is 8.57. The van der Waals surface area contributed by atoms with Gasteiger partial charge in [-0.25, -0.2) is 14.8 Å². The van der Waals surface area contributed by atoms with Crippen LogP contribution in [0.5, 0.6) is 5.75 Å². The van der Waals surface area contributed by atoms with Gasteiger partial charge in [0.05, 0.1) is 30.5 Å². The second-order valence-corrected chi connectivity index (χ2v) is 11.7. The number of rotatable bonds is 7. The molecule has 0 unspecified atom stereocenters. The van der Waals surface area contributed by atoms with E-state index in [1.165, 1.54) is 7.11 Å². The highest BCUT2D eigenvalue weighted by molar-refractivity contribution is 5.99. The fraction of sp³-hybridized carbons (Fsp3) is 0.419. The van der Waals surface area contributed by atoms with Crippen molar-refractivity contribution in [2.75, 3.05) is 48.8 Å². The lowest BCUT2D eigenvalue weighted by atomic mass is 9.98. The molecule has 0 saturated carbocycles. The van der Waals surface area contributed by atoms with Gasteiger partial charge in [0.1, 0.15) is 11.4 Å². The number of methoxy groups -OCH3 is 1. The summed E-state index contributed by atoms with van der Waals surface area (Å²) < 4.78 is 52.7. The zero-order valence-corrected chi connectivity index (χ0v) is 25.0. The second kappa shape index (κ2) is 12.2. The Morgan fingerprint density at radius 1 is 1.07 bits per heavy atom. The summed E-state index contributed by atoms with van der Waals surface area (Å²) in [7, 11) is 1.50. The summed E-state index contributed by atoms with van der Waals surface area (Å²) >= 11 is 0. The van der Waals surface area contributed by atoms with Crippen molar-refractivity contribution in [1.29, 1.82) is 0 Å². The van der Waals surface area contributed by atoms with Crippen LogP contribution in [0.3, 0.4) is 0 Å². The van der Waals surface area contributed by atoms with Gasteiger partial charge in [-0.1, -0.05) is 12.1 Å². The third kappa shape index (κ3) is 7.14. The number of aromatic nitrogens is 2. The van der Waals surface area contributed by atoms with E-state index in [0.29, 0.717) is 43.3 Å². The van der Waals surface area contributed by atoms with Gasteiger partial charge in [0.15, 0.2) is 0 Å². The first-order valence-electron chi connectivity index (χ1n) is 14.3. The molecule has 2 amide bonds. The second-order valence-electron chi connectivity index (χ2n) is 11.7. The topological polar surface area (TPSA) is 109 Å². The maximum atomic E-state index is 13.9. The Hall–Kier alpha value is -4.55. The molecule has 0 aliphatic carbocycles. The maximum absolute atomic E-state index is 13.9. The Bertz CT molecular complexity index is 1550. The van der Waals surface area contributed by atoms with Gasteiger partial charge in [0.25, 0.3) is 0 Å². The molecule has 234 valence electrons. The number of amides is 2. The van der Waals surface area contributed by atoms with Crippen molar-refractivity contribution < 1.29 is 32.2 Å². The summed E-state index contributed by atoms with van der Waals surface area (Å²) in [4.78, 5) is 36.3. The van der Waals surface area contributed by atoms with Crippen LogP contribution in [-0.4, -0.2) is 65.8 Å². The molecule has 1 aromatic heterocycles. The smallest absolute Gasteiger partial charge is 0.419 e. The summed E-state index contributed by atoms with van der Waals surface area (Å²) in [6, 6.07) is 10.8. The van der Waals surface area contributed by atoms with Crippen molar-refractivity contribution in [3.8, 4) is 5.75 Å². The lowest BCUT2D eigenvalue weighted by molar-refractivity contribution is -0.138. The molecule has 0 spiro atoms. The minimum absolute atomic E-state index is 0.000148. The first kappa shape index (κ1) is 30.9. The number of nitrogens with one attached hydrogen (secondary N) is 2. The number of benzene rings is 2. The van der Waals surface area contributed by atoms with Gasteiger partial charge in [-0.3, -0.25) is 4.79 Å². The summed E-state index contributed by atoms with van der Waals surface area (Å²) in [5.41, 5.74) is 2.02. The Morgan fingerprint density at radius 3 is 2.50 bits per heavy atom. The van der Waals surface area contributed by atoms with Gasteiger partial charge >= 0.3 is 12.3 Å². The Balaban J connectivity index is 1.30. The number of hydrogen-bond donors (Lipinski definition) is 2. The van der Waals surface area contributed by atoms with Crippen LogP contribution < -0.4 is 20.3 Å². The average Bonchev–Trinajstić information content (AvgIpc) is 3.35. The van der Waals surface area contributed by atoms with Gasteiger partial charge in [0.2, 0.25) is 11.9 Å². The van der Waals surface area contributed by atoms with Crippen LogP contribution in [0.25, 0.3) is 0 Å². The standard InChI is InChI=1S/C31H35F3N6O4/c1-30(2,3)44-29(42)40-14-12-39(13-15-40)20-9-11-25(26(16-20)43-4)38-28-35-18-22(31(32,33)34)24(37-28)10-8-19-6-5-7-23-21(19)17-27(41)36-23/h5-7,9,11,16,18H,8,10,12-15,17H2,1-4H3,(H,36,41)(H,35,37,38). The van der Waals surface area contributed by atoms with Crippen molar-refractivity contribution in [3.63, 3.8) is 0 Å². The van der Waals surface area contributed by atoms with Gasteiger partial charge in [-0.2, -0.15) is 13.2 Å². The molecule has 1 saturated heterocycles. The van der Waals surface area contributed by atoms with Crippen LogP contribution in [0.1, 0.15) is 43.2 Å². The molecular weight excluding hydrogens is 577 g/mol. The molecule has 13 heteroatoms. The van der Waals surface area contributed by atoms with E-state index in [4.69, 9.17) is 9.47 Å². The van der Waals surface area contributed by atoms with Crippen LogP contribution in [-0.2, 0) is 35.0 Å². The van der Waals surface area contributed by atoms with Crippen molar-refractivity contribution in [2.45, 2.75) is 51.8 Å². The van der Waals surface area contributed by atoms with Gasteiger partial charge in [0, 0.05) is 49.8 Å². The van der Waals surface area contributed by atoms with E-state index in [0.717, 1.165) is 23.0 Å². The molecule has 5 rings (SSSR count). The number of anilines is 4. The number of halogens is 3. The number of piperazine rings is 1. The van der Waals surface area contributed by atoms with Crippen molar-refractivity contribution in [3.05, 3.63) is 65.0 Å². The molecule has 1 fully saturated rings. The lowest BCUT2D eigenvalue weighted by Gasteiger charge is -2.37. The molecule has 44 heavy (non-hydrogen) atoms. The number of ether oxygens (including phenoxy) is 2. The highest BCUT2D eigenvalue weighted by atomic mass is 19.4. The summed E-state index contributed by atoms with van der Waals surface area (Å²) in [6.07, 6.45) is -3.71. The molecule has 10 nitrogen and oxygen atoms in total. The largest absolute Gasteiger partial charge is 0.494 e. The zero-order valence-electron chi connectivity index (χ0n) is 25.0. The Morgan fingerprint density at radius 2 is 1.82 bits per heavy atom. The van der Waals surface area contributed by atoms with Crippen molar-refractivity contribution in [1.82, 2.24) is 14.9 Å². The van der Waals surface area contributed by atoms with Gasteiger partial charge < -0.3 is 29.9 Å². The normalized spacial score (nSPS) is 15.1. The molecular formula is C31H35F3N6O4. The first-order chi connectivity index (χ1) is 20.8. The van der Waals surface area contributed by atoms with Crippen molar-refractivity contribution >= 4 is 35.0 Å². The van der Waals surface area contributed by atoms with Crippen LogP contribution in [0, 0.1) is 0 Å². The first-order valence-corrected chi connectivity index (χ1v) is 14.3. The van der Waals surface area contributed by atoms with Crippen LogP contribution in [0.2, 0.25) is 0 Å². The van der Waals surface area contributed by atoms with E-state index in [9.17, 15) is 22.8 Å². The van der Waals surface area contributed by atoms with Gasteiger partial charge in [-0.05, 0) is 62.9 Å². The van der Waals surface area contributed by atoms with E-state index in [-0.39, 0.29) is 42.9 Å². The fourth-order valence-electron chi connectivity index (χ4n) is 5.28. The predicted molar refractivity (Wildman–Crippen MR) is 160 cm³/mol. The molecule has 2 aliphatic heterocycles. The number of nitrogens with zero attached hydrogens (tertiary/aromatic N) is 4. The molecule has 0 radical (unpaired) electrons. The SMILES string of the molecule is COc1cc(N2CCN(C(=O)OC(C)(C)C)CC2)ccc1Nc1ncc(C(F)(F)F)c(CCc2cccc3c2CC(=O)N3)n1. The number of carbonyl (C=O) groups excluding carboxylic acids is 2. The van der Waals surface area contributed by atoms with Crippen molar-refractivity contribution in [2.24, 2.45) is 0 Å². The molecule has 0 atom stereocenters. The summed E-state index contributed by atoms with van der Waals surface area (Å²) in [5.74, 6) is 0.319.